The van der Waals surface area contributed by atoms with Gasteiger partial charge in [-0.2, -0.15) is 13.2 Å². The molecule has 0 aliphatic heterocycles. The van der Waals surface area contributed by atoms with Gasteiger partial charge in [-0.15, -0.1) is 4.85 Å². The molecule has 2 rings (SSSR count). The van der Waals surface area contributed by atoms with Crippen LogP contribution in [0.2, 0.25) is 0 Å². The van der Waals surface area contributed by atoms with Gasteiger partial charge in [-0.1, -0.05) is 11.2 Å². The Balaban J connectivity index is 2.38. The Morgan fingerprint density at radius 3 is 2.64 bits per heavy atom. The summed E-state index contributed by atoms with van der Waals surface area (Å²) < 4.78 is 48.7. The average molecular weight is 316 g/mol. The largest absolute Gasteiger partial charge is 0.472 e. The zero-order valence-electron chi connectivity index (χ0n) is 11.3. The summed E-state index contributed by atoms with van der Waals surface area (Å²) in [6, 6.07) is 4.43. The number of ether oxygens (including phenoxy) is 2. The smallest absolute Gasteiger partial charge is 0.416 e. The minimum Gasteiger partial charge on any atom is -0.472 e. The SMILES string of the molecule is COC(=O)c1cccc(C(F)(F)F)c1COc1ccn(O)n1. The van der Waals surface area contributed by atoms with E-state index in [4.69, 9.17) is 9.94 Å². The summed E-state index contributed by atoms with van der Waals surface area (Å²) in [7, 11) is 1.07. The van der Waals surface area contributed by atoms with Crippen LogP contribution in [0.4, 0.5) is 13.2 Å². The number of rotatable bonds is 4. The molecular weight excluding hydrogens is 305 g/mol. The van der Waals surface area contributed by atoms with Crippen molar-refractivity contribution in [2.24, 2.45) is 0 Å². The van der Waals surface area contributed by atoms with Crippen molar-refractivity contribution in [2.45, 2.75) is 12.8 Å². The molecule has 1 aromatic heterocycles. The molecule has 0 saturated carbocycles. The highest BCUT2D eigenvalue weighted by Crippen LogP contribution is 2.34. The van der Waals surface area contributed by atoms with Crippen molar-refractivity contribution in [3.8, 4) is 5.88 Å². The minimum absolute atomic E-state index is 0.0877. The molecule has 0 fully saturated rings. The van der Waals surface area contributed by atoms with Crippen molar-refractivity contribution in [3.63, 3.8) is 0 Å². The van der Waals surface area contributed by atoms with E-state index >= 15 is 0 Å². The Hall–Kier alpha value is -2.71. The van der Waals surface area contributed by atoms with E-state index in [-0.39, 0.29) is 17.0 Å². The van der Waals surface area contributed by atoms with Gasteiger partial charge in [-0.05, 0) is 12.1 Å². The molecule has 0 atom stereocenters. The monoisotopic (exact) mass is 316 g/mol. The van der Waals surface area contributed by atoms with Gasteiger partial charge < -0.3 is 14.7 Å². The van der Waals surface area contributed by atoms with Crippen molar-refractivity contribution >= 4 is 5.97 Å². The minimum atomic E-state index is -4.65. The van der Waals surface area contributed by atoms with E-state index < -0.39 is 24.3 Å². The highest BCUT2D eigenvalue weighted by atomic mass is 19.4. The maximum absolute atomic E-state index is 13.1. The van der Waals surface area contributed by atoms with Crippen LogP contribution in [0.5, 0.6) is 5.88 Å². The number of aromatic nitrogens is 2. The normalized spacial score (nSPS) is 11.3. The molecule has 6 nitrogen and oxygen atoms in total. The first-order valence-electron chi connectivity index (χ1n) is 5.98. The summed E-state index contributed by atoms with van der Waals surface area (Å²) in [5.41, 5.74) is -1.62. The second kappa shape index (κ2) is 5.96. The first kappa shape index (κ1) is 15.7. The molecule has 1 heterocycles. The highest BCUT2D eigenvalue weighted by Gasteiger charge is 2.35. The van der Waals surface area contributed by atoms with E-state index in [9.17, 15) is 18.0 Å². The van der Waals surface area contributed by atoms with E-state index in [1.54, 1.807) is 0 Å². The van der Waals surface area contributed by atoms with Gasteiger partial charge in [0.1, 0.15) is 6.61 Å². The fourth-order valence-corrected chi connectivity index (χ4v) is 1.83. The summed E-state index contributed by atoms with van der Waals surface area (Å²) >= 11 is 0. The number of hydrogen-bond acceptors (Lipinski definition) is 5. The maximum atomic E-state index is 13.1. The Kier molecular flexibility index (Phi) is 4.25. The number of methoxy groups -OCH3 is 1. The van der Waals surface area contributed by atoms with Crippen LogP contribution in [-0.2, 0) is 17.5 Å². The molecule has 0 spiro atoms. The molecule has 9 heteroatoms. The summed E-state index contributed by atoms with van der Waals surface area (Å²) in [6.07, 6.45) is -3.51. The quantitative estimate of drug-likeness (QED) is 0.693. The highest BCUT2D eigenvalue weighted by molar-refractivity contribution is 5.91. The van der Waals surface area contributed by atoms with E-state index in [1.165, 1.54) is 12.1 Å². The molecule has 0 radical (unpaired) electrons. The molecule has 22 heavy (non-hydrogen) atoms. The maximum Gasteiger partial charge on any atom is 0.416 e. The fraction of sp³-hybridized carbons (Fsp3) is 0.231. The standard InChI is InChI=1S/C13H11F3N2O4/c1-21-12(19)8-3-2-4-10(13(14,15)16)9(8)7-22-11-5-6-18(20)17-11/h2-6,20H,7H2,1H3. The van der Waals surface area contributed by atoms with Crippen molar-refractivity contribution in [2.75, 3.05) is 7.11 Å². The third-order valence-corrected chi connectivity index (χ3v) is 2.80. The number of nitrogens with zero attached hydrogens (tertiary/aromatic N) is 2. The van der Waals surface area contributed by atoms with Crippen LogP contribution in [0.25, 0.3) is 0 Å². The van der Waals surface area contributed by atoms with Crippen molar-refractivity contribution in [1.82, 2.24) is 9.94 Å². The number of hydrogen-bond donors (Lipinski definition) is 1. The first-order chi connectivity index (χ1) is 10.3. The van der Waals surface area contributed by atoms with Crippen LogP contribution >= 0.6 is 0 Å². The molecule has 0 bridgehead atoms. The Morgan fingerprint density at radius 2 is 2.09 bits per heavy atom. The van der Waals surface area contributed by atoms with E-state index in [0.717, 1.165) is 25.4 Å². The van der Waals surface area contributed by atoms with E-state index in [0.29, 0.717) is 4.85 Å². The van der Waals surface area contributed by atoms with E-state index in [2.05, 4.69) is 9.84 Å². The molecule has 0 amide bonds. The summed E-state index contributed by atoms with van der Waals surface area (Å²) in [4.78, 5) is 12.1. The van der Waals surface area contributed by atoms with Gasteiger partial charge in [-0.25, -0.2) is 4.79 Å². The summed E-state index contributed by atoms with van der Waals surface area (Å²) in [5.74, 6) is -0.993. The third-order valence-electron chi connectivity index (χ3n) is 2.80. The molecule has 1 aromatic carbocycles. The number of esters is 1. The van der Waals surface area contributed by atoms with Crippen molar-refractivity contribution in [1.29, 1.82) is 0 Å². The third kappa shape index (κ3) is 3.30. The van der Waals surface area contributed by atoms with Gasteiger partial charge in [-0.3, -0.25) is 0 Å². The number of carbonyl (C=O) groups excluding carboxylic acids is 1. The molecule has 0 saturated heterocycles. The molecule has 2 aromatic rings. The van der Waals surface area contributed by atoms with Crippen molar-refractivity contribution < 1.29 is 32.6 Å². The number of carbonyl (C=O) groups is 1. The van der Waals surface area contributed by atoms with Crippen LogP contribution in [-0.4, -0.2) is 28.2 Å². The van der Waals surface area contributed by atoms with Gasteiger partial charge in [0.2, 0.25) is 5.88 Å². The van der Waals surface area contributed by atoms with Gasteiger partial charge >= 0.3 is 12.1 Å². The average Bonchev–Trinajstić information content (AvgIpc) is 2.88. The molecule has 0 unspecified atom stereocenters. The fourth-order valence-electron chi connectivity index (χ4n) is 1.83. The molecule has 0 aliphatic carbocycles. The van der Waals surface area contributed by atoms with Crippen LogP contribution in [0.15, 0.2) is 30.5 Å². The predicted molar refractivity (Wildman–Crippen MR) is 66.5 cm³/mol. The predicted octanol–water partition coefficient (Wildman–Crippen LogP) is 2.50. The first-order valence-corrected chi connectivity index (χ1v) is 5.98. The Bertz CT molecular complexity index is 682. The molecule has 1 N–H and O–H groups in total. The lowest BCUT2D eigenvalue weighted by atomic mass is 10.0. The zero-order chi connectivity index (χ0) is 16.3. The summed E-state index contributed by atoms with van der Waals surface area (Å²) in [5, 5.41) is 12.5. The molecule has 0 aliphatic rings. The lowest BCUT2D eigenvalue weighted by Crippen LogP contribution is -2.16. The second-order valence-electron chi connectivity index (χ2n) is 4.18. The number of alkyl halides is 3. The number of benzene rings is 1. The number of halogens is 3. The molecule has 118 valence electrons. The molecular formula is C13H11F3N2O4. The van der Waals surface area contributed by atoms with Gasteiger partial charge in [0.05, 0.1) is 24.4 Å². The summed E-state index contributed by atoms with van der Waals surface area (Å²) in [6.45, 7) is -0.558. The lowest BCUT2D eigenvalue weighted by Gasteiger charge is -2.15. The van der Waals surface area contributed by atoms with Crippen LogP contribution in [0.1, 0.15) is 21.5 Å². The zero-order valence-corrected chi connectivity index (χ0v) is 11.3. The van der Waals surface area contributed by atoms with Crippen LogP contribution < -0.4 is 4.74 Å². The Labute approximate surface area is 122 Å². The van der Waals surface area contributed by atoms with Gasteiger partial charge in [0.25, 0.3) is 0 Å². The Morgan fingerprint density at radius 1 is 1.36 bits per heavy atom. The lowest BCUT2D eigenvalue weighted by molar-refractivity contribution is -0.138. The second-order valence-corrected chi connectivity index (χ2v) is 4.18. The topological polar surface area (TPSA) is 73.6 Å². The van der Waals surface area contributed by atoms with Crippen LogP contribution in [0.3, 0.4) is 0 Å². The van der Waals surface area contributed by atoms with Crippen molar-refractivity contribution in [3.05, 3.63) is 47.2 Å². The van der Waals surface area contributed by atoms with Gasteiger partial charge in [0, 0.05) is 11.6 Å². The van der Waals surface area contributed by atoms with E-state index in [1.807, 2.05) is 0 Å². The van der Waals surface area contributed by atoms with Gasteiger partial charge in [0.15, 0.2) is 0 Å². The van der Waals surface area contributed by atoms with Crippen LogP contribution in [0, 0.1) is 0 Å².